The summed E-state index contributed by atoms with van der Waals surface area (Å²) in [4.78, 5) is 0. The Morgan fingerprint density at radius 1 is 1.27 bits per heavy atom. The van der Waals surface area contributed by atoms with Gasteiger partial charge in [0.15, 0.2) is 17.4 Å². The van der Waals surface area contributed by atoms with Crippen LogP contribution in [0, 0.1) is 17.6 Å². The molecule has 1 unspecified atom stereocenters. The van der Waals surface area contributed by atoms with Crippen molar-refractivity contribution in [3.05, 3.63) is 29.8 Å². The first-order valence-corrected chi connectivity index (χ1v) is 4.45. The highest BCUT2D eigenvalue weighted by Crippen LogP contribution is 2.48. The van der Waals surface area contributed by atoms with Gasteiger partial charge >= 0.3 is 0 Å². The lowest BCUT2D eigenvalue weighted by molar-refractivity contribution is 0.0843. The number of hydrogen-bond acceptors (Lipinski definition) is 1. The van der Waals surface area contributed by atoms with Gasteiger partial charge in [0, 0.05) is 6.42 Å². The molecule has 0 aliphatic heterocycles. The summed E-state index contributed by atoms with van der Waals surface area (Å²) in [6.45, 7) is -0.356. The molecule has 0 aromatic heterocycles. The molecular formula is C10H8F4O. The number of benzene rings is 1. The Labute approximate surface area is 83.7 Å². The van der Waals surface area contributed by atoms with Crippen LogP contribution in [0.15, 0.2) is 18.2 Å². The summed E-state index contributed by atoms with van der Waals surface area (Å²) in [5, 5.41) is 0. The molecule has 1 aliphatic rings. The molecule has 0 saturated heterocycles. The minimum atomic E-state index is -2.73. The van der Waals surface area contributed by atoms with Crippen LogP contribution in [0.5, 0.6) is 5.75 Å². The Morgan fingerprint density at radius 2 is 1.80 bits per heavy atom. The minimum absolute atomic E-state index is 0.275. The van der Waals surface area contributed by atoms with Crippen molar-refractivity contribution in [2.45, 2.75) is 12.3 Å². The molecule has 1 aromatic rings. The van der Waals surface area contributed by atoms with E-state index in [1.807, 2.05) is 0 Å². The molecule has 0 heterocycles. The number of rotatable bonds is 3. The maximum absolute atomic E-state index is 13.0. The summed E-state index contributed by atoms with van der Waals surface area (Å²) in [5.41, 5.74) is 0. The Bertz CT molecular complexity index is 357. The fourth-order valence-electron chi connectivity index (χ4n) is 1.25. The van der Waals surface area contributed by atoms with Crippen LogP contribution in [0.2, 0.25) is 0 Å². The first-order valence-electron chi connectivity index (χ1n) is 4.45. The van der Waals surface area contributed by atoms with E-state index in [1.54, 1.807) is 0 Å². The molecule has 15 heavy (non-hydrogen) atoms. The Morgan fingerprint density at radius 3 is 2.27 bits per heavy atom. The highest BCUT2D eigenvalue weighted by molar-refractivity contribution is 5.26. The van der Waals surface area contributed by atoms with Crippen LogP contribution in [0.3, 0.4) is 0 Å². The van der Waals surface area contributed by atoms with Crippen molar-refractivity contribution in [1.82, 2.24) is 0 Å². The van der Waals surface area contributed by atoms with Gasteiger partial charge in [-0.1, -0.05) is 6.07 Å². The number of alkyl halides is 2. The molecule has 0 radical (unpaired) electrons. The fraction of sp³-hybridized carbons (Fsp3) is 0.400. The van der Waals surface area contributed by atoms with Gasteiger partial charge < -0.3 is 4.74 Å². The first-order chi connectivity index (χ1) is 7.00. The van der Waals surface area contributed by atoms with Gasteiger partial charge in [0.2, 0.25) is 0 Å². The molecule has 0 bridgehead atoms. The number of hydrogen-bond donors (Lipinski definition) is 0. The van der Waals surface area contributed by atoms with E-state index in [9.17, 15) is 17.6 Å². The predicted octanol–water partition coefficient (Wildman–Crippen LogP) is 3.00. The van der Waals surface area contributed by atoms with Crippen molar-refractivity contribution in [1.29, 1.82) is 0 Å². The summed E-state index contributed by atoms with van der Waals surface area (Å²) >= 11 is 0. The summed E-state index contributed by atoms with van der Waals surface area (Å²) in [6, 6.07) is 3.22. The lowest BCUT2D eigenvalue weighted by Gasteiger charge is -2.07. The Balaban J connectivity index is 2.00. The van der Waals surface area contributed by atoms with Crippen LogP contribution in [0.25, 0.3) is 0 Å². The van der Waals surface area contributed by atoms with E-state index in [0.717, 1.165) is 12.1 Å². The maximum atomic E-state index is 13.0. The quantitative estimate of drug-likeness (QED) is 0.711. The molecule has 1 fully saturated rings. The fourth-order valence-corrected chi connectivity index (χ4v) is 1.25. The maximum Gasteiger partial charge on any atom is 0.255 e. The third kappa shape index (κ3) is 2.06. The standard InChI is InChI=1S/C10H8F4O/c11-7-2-1-3-8(12)9(7)15-5-6-4-10(6,13)14/h1-3,6H,4-5H2. The van der Waals surface area contributed by atoms with Gasteiger partial charge in [-0.05, 0) is 12.1 Å². The molecule has 0 N–H and O–H groups in total. The van der Waals surface area contributed by atoms with Gasteiger partial charge in [-0.15, -0.1) is 0 Å². The Kier molecular flexibility index (Phi) is 2.32. The molecule has 1 nitrogen and oxygen atoms in total. The molecule has 1 aromatic carbocycles. The molecule has 0 amide bonds. The van der Waals surface area contributed by atoms with Crippen LogP contribution in [-0.4, -0.2) is 12.5 Å². The van der Waals surface area contributed by atoms with Gasteiger partial charge in [0.05, 0.1) is 12.5 Å². The van der Waals surface area contributed by atoms with Gasteiger partial charge in [0.25, 0.3) is 5.92 Å². The molecule has 1 aliphatic carbocycles. The average molecular weight is 220 g/mol. The van der Waals surface area contributed by atoms with E-state index in [1.165, 1.54) is 6.07 Å². The van der Waals surface area contributed by atoms with Gasteiger partial charge in [0.1, 0.15) is 0 Å². The third-order valence-corrected chi connectivity index (χ3v) is 2.30. The van der Waals surface area contributed by atoms with E-state index in [-0.39, 0.29) is 13.0 Å². The van der Waals surface area contributed by atoms with E-state index in [4.69, 9.17) is 4.74 Å². The second-order valence-corrected chi connectivity index (χ2v) is 3.52. The molecular weight excluding hydrogens is 212 g/mol. The first kappa shape index (κ1) is 10.3. The number of ether oxygens (including phenoxy) is 1. The summed E-state index contributed by atoms with van der Waals surface area (Å²) in [6.07, 6.45) is -0.275. The van der Waals surface area contributed by atoms with Crippen molar-refractivity contribution >= 4 is 0 Å². The van der Waals surface area contributed by atoms with Crippen molar-refractivity contribution in [2.24, 2.45) is 5.92 Å². The van der Waals surface area contributed by atoms with Crippen LogP contribution in [0.4, 0.5) is 17.6 Å². The summed E-state index contributed by atoms with van der Waals surface area (Å²) < 4.78 is 55.5. The highest BCUT2D eigenvalue weighted by atomic mass is 19.3. The lowest BCUT2D eigenvalue weighted by atomic mass is 10.3. The lowest BCUT2D eigenvalue weighted by Crippen LogP contribution is -2.07. The van der Waals surface area contributed by atoms with E-state index < -0.39 is 29.2 Å². The predicted molar refractivity (Wildman–Crippen MR) is 44.9 cm³/mol. The summed E-state index contributed by atoms with van der Waals surface area (Å²) in [5.74, 6) is -5.99. The molecule has 0 spiro atoms. The van der Waals surface area contributed by atoms with Gasteiger partial charge in [-0.2, -0.15) is 0 Å². The second kappa shape index (κ2) is 3.40. The van der Waals surface area contributed by atoms with Crippen LogP contribution in [-0.2, 0) is 0 Å². The van der Waals surface area contributed by atoms with E-state index in [0.29, 0.717) is 0 Å². The smallest absolute Gasteiger partial charge is 0.255 e. The van der Waals surface area contributed by atoms with Crippen LogP contribution >= 0.6 is 0 Å². The number of halogens is 4. The summed E-state index contributed by atoms with van der Waals surface area (Å²) in [7, 11) is 0. The highest BCUT2D eigenvalue weighted by Gasteiger charge is 2.57. The third-order valence-electron chi connectivity index (χ3n) is 2.30. The Hall–Kier alpha value is -1.26. The van der Waals surface area contributed by atoms with Crippen molar-refractivity contribution in [3.63, 3.8) is 0 Å². The van der Waals surface area contributed by atoms with Crippen LogP contribution in [0.1, 0.15) is 6.42 Å². The minimum Gasteiger partial charge on any atom is -0.487 e. The molecule has 5 heteroatoms. The number of para-hydroxylation sites is 1. The molecule has 1 saturated carbocycles. The van der Waals surface area contributed by atoms with Crippen molar-refractivity contribution < 1.29 is 22.3 Å². The van der Waals surface area contributed by atoms with Gasteiger partial charge in [-0.25, -0.2) is 17.6 Å². The zero-order valence-corrected chi connectivity index (χ0v) is 7.64. The average Bonchev–Trinajstić information content (AvgIpc) is 2.73. The topological polar surface area (TPSA) is 9.23 Å². The second-order valence-electron chi connectivity index (χ2n) is 3.52. The molecule has 1 atom stereocenters. The monoisotopic (exact) mass is 220 g/mol. The zero-order valence-electron chi connectivity index (χ0n) is 7.64. The largest absolute Gasteiger partial charge is 0.487 e. The molecule has 82 valence electrons. The molecule has 2 rings (SSSR count). The van der Waals surface area contributed by atoms with Crippen molar-refractivity contribution in [2.75, 3.05) is 6.61 Å². The SMILES string of the molecule is Fc1cccc(F)c1OCC1CC1(F)F. The van der Waals surface area contributed by atoms with Crippen LogP contribution < -0.4 is 4.74 Å². The van der Waals surface area contributed by atoms with Gasteiger partial charge in [-0.3, -0.25) is 0 Å². The zero-order chi connectivity index (χ0) is 11.1. The van der Waals surface area contributed by atoms with Crippen molar-refractivity contribution in [3.8, 4) is 5.75 Å². The van der Waals surface area contributed by atoms with E-state index in [2.05, 4.69) is 0 Å². The normalized spacial score (nSPS) is 22.5. The van der Waals surface area contributed by atoms with E-state index >= 15 is 0 Å².